The van der Waals surface area contributed by atoms with E-state index in [1.54, 1.807) is 0 Å². The van der Waals surface area contributed by atoms with Crippen LogP contribution in [0, 0.1) is 5.92 Å². The summed E-state index contributed by atoms with van der Waals surface area (Å²) in [6.45, 7) is 2.29. The highest BCUT2D eigenvalue weighted by atomic mass is 35.5. The molecule has 0 saturated carbocycles. The molecular weight excluding hydrogens is 230 g/mol. The van der Waals surface area contributed by atoms with Crippen LogP contribution in [0.2, 0.25) is 0 Å². The van der Waals surface area contributed by atoms with Gasteiger partial charge in [-0.1, -0.05) is 13.0 Å². The highest BCUT2D eigenvalue weighted by Crippen LogP contribution is 2.25. The van der Waals surface area contributed by atoms with Gasteiger partial charge in [-0.2, -0.15) is 0 Å². The normalized spacial score (nSPS) is 12.1. The van der Waals surface area contributed by atoms with Crippen LogP contribution in [0.3, 0.4) is 0 Å². The molecule has 0 bridgehead atoms. The van der Waals surface area contributed by atoms with Crippen molar-refractivity contribution in [3.05, 3.63) is 23.8 Å². The summed E-state index contributed by atoms with van der Waals surface area (Å²) in [6.07, 6.45) is 0. The number of halogens is 1. The van der Waals surface area contributed by atoms with E-state index < -0.39 is 5.91 Å². The van der Waals surface area contributed by atoms with Crippen LogP contribution < -0.4 is 5.32 Å². The van der Waals surface area contributed by atoms with E-state index in [4.69, 9.17) is 11.6 Å². The summed E-state index contributed by atoms with van der Waals surface area (Å²) < 4.78 is 0. The fourth-order valence-electron chi connectivity index (χ4n) is 1.17. The maximum absolute atomic E-state index is 11.6. The van der Waals surface area contributed by atoms with E-state index in [9.17, 15) is 15.0 Å². The summed E-state index contributed by atoms with van der Waals surface area (Å²) in [7, 11) is 0. The summed E-state index contributed by atoms with van der Waals surface area (Å²) >= 11 is 5.59. The monoisotopic (exact) mass is 243 g/mol. The third-order valence-electron chi connectivity index (χ3n) is 2.12. The number of carbonyl (C=O) groups is 1. The van der Waals surface area contributed by atoms with Crippen LogP contribution in [0.15, 0.2) is 18.2 Å². The van der Waals surface area contributed by atoms with Crippen LogP contribution in [-0.2, 0) is 0 Å². The van der Waals surface area contributed by atoms with Crippen molar-refractivity contribution >= 4 is 17.5 Å². The zero-order valence-corrected chi connectivity index (χ0v) is 9.66. The van der Waals surface area contributed by atoms with Gasteiger partial charge in [0.25, 0.3) is 5.91 Å². The molecule has 0 spiro atoms. The van der Waals surface area contributed by atoms with Crippen LogP contribution in [0.4, 0.5) is 0 Å². The van der Waals surface area contributed by atoms with Crippen molar-refractivity contribution < 1.29 is 15.0 Å². The molecule has 88 valence electrons. The molecule has 0 aliphatic heterocycles. The lowest BCUT2D eigenvalue weighted by Gasteiger charge is -2.11. The third kappa shape index (κ3) is 3.03. The second kappa shape index (κ2) is 5.61. The molecular formula is C11H14ClNO3. The Morgan fingerprint density at radius 3 is 2.50 bits per heavy atom. The average molecular weight is 244 g/mol. The molecule has 1 aromatic carbocycles. The summed E-state index contributed by atoms with van der Waals surface area (Å²) in [6, 6.07) is 4.15. The molecule has 3 N–H and O–H groups in total. The number of hydrogen-bond acceptors (Lipinski definition) is 3. The topological polar surface area (TPSA) is 69.6 Å². The molecule has 0 fully saturated rings. The van der Waals surface area contributed by atoms with Gasteiger partial charge in [0, 0.05) is 12.4 Å². The number of nitrogens with one attached hydrogen (secondary N) is 1. The van der Waals surface area contributed by atoms with Gasteiger partial charge in [0.2, 0.25) is 0 Å². The summed E-state index contributed by atoms with van der Waals surface area (Å²) in [4.78, 5) is 11.6. The van der Waals surface area contributed by atoms with Gasteiger partial charge in [0.15, 0.2) is 0 Å². The van der Waals surface area contributed by atoms with Crippen LogP contribution >= 0.6 is 11.6 Å². The highest BCUT2D eigenvalue weighted by molar-refractivity contribution is 6.18. The number of phenolic OH excluding ortho intramolecular Hbond substituents is 2. The number of rotatable bonds is 4. The molecule has 1 unspecified atom stereocenters. The molecule has 16 heavy (non-hydrogen) atoms. The van der Waals surface area contributed by atoms with Crippen LogP contribution in [0.5, 0.6) is 11.5 Å². The standard InChI is InChI=1S/C11H14ClNO3/c1-7(5-12)6-13-11(16)10-8(14)3-2-4-9(10)15/h2-4,7,14-15H,5-6H2,1H3,(H,13,16). The number of phenols is 2. The Morgan fingerprint density at radius 1 is 1.44 bits per heavy atom. The van der Waals surface area contributed by atoms with Gasteiger partial charge in [-0.3, -0.25) is 4.79 Å². The van der Waals surface area contributed by atoms with Crippen molar-refractivity contribution in [3.63, 3.8) is 0 Å². The number of aromatic hydroxyl groups is 2. The van der Waals surface area contributed by atoms with E-state index in [1.165, 1.54) is 18.2 Å². The Morgan fingerprint density at radius 2 is 2.00 bits per heavy atom. The van der Waals surface area contributed by atoms with Gasteiger partial charge in [-0.15, -0.1) is 11.6 Å². The maximum atomic E-state index is 11.6. The van der Waals surface area contributed by atoms with E-state index in [0.29, 0.717) is 12.4 Å². The second-order valence-electron chi connectivity index (χ2n) is 3.64. The zero-order chi connectivity index (χ0) is 12.1. The fourth-order valence-corrected chi connectivity index (χ4v) is 1.28. The molecule has 1 amide bonds. The van der Waals surface area contributed by atoms with Crippen molar-refractivity contribution in [2.45, 2.75) is 6.92 Å². The molecule has 1 rings (SSSR count). The maximum Gasteiger partial charge on any atom is 0.258 e. The van der Waals surface area contributed by atoms with Gasteiger partial charge in [-0.25, -0.2) is 0 Å². The van der Waals surface area contributed by atoms with Gasteiger partial charge >= 0.3 is 0 Å². The quantitative estimate of drug-likeness (QED) is 0.705. The van der Waals surface area contributed by atoms with Gasteiger partial charge in [0.1, 0.15) is 17.1 Å². The summed E-state index contributed by atoms with van der Waals surface area (Å²) in [5, 5.41) is 21.5. The SMILES string of the molecule is CC(CCl)CNC(=O)c1c(O)cccc1O. The van der Waals surface area contributed by atoms with Crippen molar-refractivity contribution in [2.24, 2.45) is 5.92 Å². The van der Waals surface area contributed by atoms with Crippen molar-refractivity contribution in [1.29, 1.82) is 0 Å². The Bertz CT molecular complexity index is 361. The molecule has 0 aromatic heterocycles. The molecule has 0 saturated heterocycles. The fraction of sp³-hybridized carbons (Fsp3) is 0.364. The number of hydrogen-bond donors (Lipinski definition) is 3. The molecule has 1 atom stereocenters. The number of alkyl halides is 1. The van der Waals surface area contributed by atoms with Gasteiger partial charge in [0.05, 0.1) is 0 Å². The molecule has 4 nitrogen and oxygen atoms in total. The first-order valence-electron chi connectivity index (χ1n) is 4.91. The molecule has 5 heteroatoms. The molecule has 0 aliphatic rings. The molecule has 0 radical (unpaired) electrons. The van der Waals surface area contributed by atoms with E-state index in [-0.39, 0.29) is 23.0 Å². The van der Waals surface area contributed by atoms with Crippen LogP contribution in [0.25, 0.3) is 0 Å². The number of carbonyl (C=O) groups excluding carboxylic acids is 1. The predicted molar refractivity (Wildman–Crippen MR) is 62.0 cm³/mol. The van der Waals surface area contributed by atoms with Crippen molar-refractivity contribution in [2.75, 3.05) is 12.4 Å². The molecule has 1 aromatic rings. The average Bonchev–Trinajstić information content (AvgIpc) is 2.25. The Hall–Kier alpha value is -1.42. The van der Waals surface area contributed by atoms with E-state index in [0.717, 1.165) is 0 Å². The lowest BCUT2D eigenvalue weighted by atomic mass is 10.1. The lowest BCUT2D eigenvalue weighted by molar-refractivity contribution is 0.0944. The smallest absolute Gasteiger partial charge is 0.258 e. The van der Waals surface area contributed by atoms with Gasteiger partial charge in [-0.05, 0) is 18.1 Å². The van der Waals surface area contributed by atoms with E-state index in [1.807, 2.05) is 6.92 Å². The van der Waals surface area contributed by atoms with Crippen LogP contribution in [-0.4, -0.2) is 28.5 Å². The Balaban J connectivity index is 2.73. The predicted octanol–water partition coefficient (Wildman–Crippen LogP) is 1.70. The van der Waals surface area contributed by atoms with E-state index in [2.05, 4.69) is 5.32 Å². The largest absolute Gasteiger partial charge is 0.507 e. The lowest BCUT2D eigenvalue weighted by Crippen LogP contribution is -2.28. The second-order valence-corrected chi connectivity index (χ2v) is 3.95. The van der Waals surface area contributed by atoms with E-state index >= 15 is 0 Å². The van der Waals surface area contributed by atoms with Gasteiger partial charge < -0.3 is 15.5 Å². The third-order valence-corrected chi connectivity index (χ3v) is 2.65. The zero-order valence-electron chi connectivity index (χ0n) is 8.90. The number of benzene rings is 1. The van der Waals surface area contributed by atoms with Crippen molar-refractivity contribution in [1.82, 2.24) is 5.32 Å². The first-order chi connectivity index (χ1) is 7.56. The van der Waals surface area contributed by atoms with Crippen molar-refractivity contribution in [3.8, 4) is 11.5 Å². The summed E-state index contributed by atoms with van der Waals surface area (Å²) in [5.41, 5.74) is -0.107. The Labute approximate surface area is 98.9 Å². The number of amides is 1. The first kappa shape index (κ1) is 12.6. The minimum atomic E-state index is -0.507. The summed E-state index contributed by atoms with van der Waals surface area (Å²) in [5.74, 6) is -0.411. The Kier molecular flexibility index (Phi) is 4.43. The van der Waals surface area contributed by atoms with Crippen LogP contribution in [0.1, 0.15) is 17.3 Å². The minimum Gasteiger partial charge on any atom is -0.507 e. The molecule has 0 aliphatic carbocycles. The highest BCUT2D eigenvalue weighted by Gasteiger charge is 2.15. The first-order valence-corrected chi connectivity index (χ1v) is 5.44. The molecule has 0 heterocycles. The minimum absolute atomic E-state index is 0.107.